The normalized spacial score (nSPS) is 14.6. The summed E-state index contributed by atoms with van der Waals surface area (Å²) in [7, 11) is 0. The van der Waals surface area contributed by atoms with Crippen LogP contribution in [0.2, 0.25) is 0 Å². The number of unbranched alkanes of at least 4 members (excludes halogenated alkanes) is 4. The van der Waals surface area contributed by atoms with E-state index in [9.17, 15) is 19.2 Å². The fourth-order valence-corrected chi connectivity index (χ4v) is 5.21. The summed E-state index contributed by atoms with van der Waals surface area (Å²) in [6.45, 7) is 8.17. The molecular formula is C33H48N6O4. The minimum Gasteiger partial charge on any atom is -0.355 e. The lowest BCUT2D eigenvalue weighted by atomic mass is 10.1. The number of urea groups is 2. The molecule has 2 N–H and O–H groups in total. The summed E-state index contributed by atoms with van der Waals surface area (Å²) in [5, 5.41) is 5.54. The third-order valence-corrected chi connectivity index (χ3v) is 7.55. The van der Waals surface area contributed by atoms with Crippen LogP contribution in [0.1, 0.15) is 59.3 Å². The number of hydrogen-bond donors (Lipinski definition) is 2. The van der Waals surface area contributed by atoms with Gasteiger partial charge in [-0.3, -0.25) is 14.5 Å². The second-order valence-electron chi connectivity index (χ2n) is 10.9. The predicted molar refractivity (Wildman–Crippen MR) is 170 cm³/mol. The molecule has 1 aliphatic heterocycles. The van der Waals surface area contributed by atoms with Gasteiger partial charge in [0.25, 0.3) is 0 Å². The number of nitrogens with zero attached hydrogens (tertiary/aromatic N) is 4. The van der Waals surface area contributed by atoms with Crippen LogP contribution < -0.4 is 15.5 Å². The first-order valence-electron chi connectivity index (χ1n) is 15.6. The van der Waals surface area contributed by atoms with E-state index in [1.165, 1.54) is 6.92 Å². The standard InChI is InChI=1S/C33H48N6O4/c1-4-6-14-22-36(23-15-7-5-2)32(42)37-24-25-38(30(26-37)31(41)35-21-20-34-27(3)40)33(43)39(28-16-10-8-11-17-28)29-18-12-9-13-19-29/h8-13,16-19,30H,4-7,14-15,20-26H2,1-3H3,(H,34,40)(H,35,41)/t30-/m0/s1. The number of nitrogens with one attached hydrogen (secondary N) is 2. The highest BCUT2D eigenvalue weighted by atomic mass is 16.2. The van der Waals surface area contributed by atoms with E-state index < -0.39 is 6.04 Å². The van der Waals surface area contributed by atoms with Crippen LogP contribution in [0.25, 0.3) is 0 Å². The maximum Gasteiger partial charge on any atom is 0.329 e. The summed E-state index contributed by atoms with van der Waals surface area (Å²) in [4.78, 5) is 59.8. The summed E-state index contributed by atoms with van der Waals surface area (Å²) in [5.41, 5.74) is 1.36. The van der Waals surface area contributed by atoms with E-state index in [0.29, 0.717) is 31.0 Å². The highest BCUT2D eigenvalue weighted by molar-refractivity contribution is 6.01. The van der Waals surface area contributed by atoms with E-state index in [1.807, 2.05) is 65.6 Å². The van der Waals surface area contributed by atoms with Crippen molar-refractivity contribution in [2.45, 2.75) is 65.3 Å². The molecule has 1 heterocycles. The van der Waals surface area contributed by atoms with Gasteiger partial charge in [-0.1, -0.05) is 75.9 Å². The lowest BCUT2D eigenvalue weighted by Gasteiger charge is -2.43. The van der Waals surface area contributed by atoms with Gasteiger partial charge in [-0.25, -0.2) is 9.59 Å². The van der Waals surface area contributed by atoms with E-state index >= 15 is 0 Å². The van der Waals surface area contributed by atoms with Crippen LogP contribution in [0.15, 0.2) is 60.7 Å². The highest BCUT2D eigenvalue weighted by Crippen LogP contribution is 2.28. The summed E-state index contributed by atoms with van der Waals surface area (Å²) in [6.07, 6.45) is 6.10. The van der Waals surface area contributed by atoms with Gasteiger partial charge < -0.3 is 25.3 Å². The second kappa shape index (κ2) is 17.8. The number of hydrogen-bond acceptors (Lipinski definition) is 4. The third kappa shape index (κ3) is 10.0. The van der Waals surface area contributed by atoms with Crippen molar-refractivity contribution in [3.8, 4) is 0 Å². The molecule has 1 saturated heterocycles. The van der Waals surface area contributed by atoms with Crippen molar-refractivity contribution in [1.29, 1.82) is 0 Å². The first-order valence-corrected chi connectivity index (χ1v) is 15.6. The molecule has 2 aromatic rings. The Morgan fingerprint density at radius 2 is 1.28 bits per heavy atom. The maximum atomic E-state index is 14.3. The van der Waals surface area contributed by atoms with Crippen molar-refractivity contribution in [3.63, 3.8) is 0 Å². The number of benzene rings is 2. The SMILES string of the molecule is CCCCCN(CCCCC)C(=O)N1CCN(C(=O)N(c2ccccc2)c2ccccc2)[C@H](C(=O)NCCNC(C)=O)C1. The zero-order chi connectivity index (χ0) is 31.0. The molecule has 234 valence electrons. The first kappa shape index (κ1) is 33.4. The Kier molecular flexibility index (Phi) is 13.8. The Morgan fingerprint density at radius 3 is 1.79 bits per heavy atom. The van der Waals surface area contributed by atoms with E-state index in [4.69, 9.17) is 0 Å². The van der Waals surface area contributed by atoms with Gasteiger partial charge in [0.2, 0.25) is 11.8 Å². The second-order valence-corrected chi connectivity index (χ2v) is 10.9. The van der Waals surface area contributed by atoms with Crippen LogP contribution in [-0.4, -0.2) is 90.4 Å². The summed E-state index contributed by atoms with van der Waals surface area (Å²) < 4.78 is 0. The molecule has 1 fully saturated rings. The molecule has 10 heteroatoms. The van der Waals surface area contributed by atoms with Gasteiger partial charge in [0.05, 0.1) is 17.9 Å². The Labute approximate surface area is 256 Å². The minimum atomic E-state index is -0.898. The van der Waals surface area contributed by atoms with Crippen LogP contribution in [0.5, 0.6) is 0 Å². The first-order chi connectivity index (χ1) is 20.9. The summed E-state index contributed by atoms with van der Waals surface area (Å²) >= 11 is 0. The van der Waals surface area contributed by atoms with Crippen LogP contribution in [0.4, 0.5) is 21.0 Å². The molecule has 43 heavy (non-hydrogen) atoms. The van der Waals surface area contributed by atoms with Gasteiger partial charge in [0, 0.05) is 46.2 Å². The average molecular weight is 593 g/mol. The van der Waals surface area contributed by atoms with E-state index in [1.54, 1.807) is 14.7 Å². The van der Waals surface area contributed by atoms with Gasteiger partial charge in [0.1, 0.15) is 6.04 Å². The molecule has 6 amide bonds. The van der Waals surface area contributed by atoms with Crippen LogP contribution in [0.3, 0.4) is 0 Å². The molecule has 10 nitrogen and oxygen atoms in total. The van der Waals surface area contributed by atoms with Crippen molar-refractivity contribution in [2.24, 2.45) is 0 Å². The van der Waals surface area contributed by atoms with Crippen LogP contribution in [0, 0.1) is 0 Å². The smallest absolute Gasteiger partial charge is 0.329 e. The predicted octanol–water partition coefficient (Wildman–Crippen LogP) is 4.99. The van der Waals surface area contributed by atoms with Gasteiger partial charge in [-0.15, -0.1) is 0 Å². The monoisotopic (exact) mass is 592 g/mol. The molecule has 0 aliphatic carbocycles. The zero-order valence-electron chi connectivity index (χ0n) is 26.0. The zero-order valence-corrected chi connectivity index (χ0v) is 26.0. The number of anilines is 2. The third-order valence-electron chi connectivity index (χ3n) is 7.55. The van der Waals surface area contributed by atoms with Crippen molar-refractivity contribution < 1.29 is 19.2 Å². The van der Waals surface area contributed by atoms with Crippen molar-refractivity contribution in [3.05, 3.63) is 60.7 Å². The van der Waals surface area contributed by atoms with E-state index in [2.05, 4.69) is 24.5 Å². The molecule has 3 rings (SSSR count). The molecule has 0 aromatic heterocycles. The fourth-order valence-electron chi connectivity index (χ4n) is 5.21. The molecular weight excluding hydrogens is 544 g/mol. The molecule has 0 radical (unpaired) electrons. The number of carbonyl (C=O) groups is 4. The van der Waals surface area contributed by atoms with Gasteiger partial charge >= 0.3 is 12.1 Å². The molecule has 1 aliphatic rings. The Balaban J connectivity index is 1.87. The summed E-state index contributed by atoms with van der Waals surface area (Å²) in [6, 6.07) is 17.4. The van der Waals surface area contributed by atoms with Gasteiger partial charge in [0.15, 0.2) is 0 Å². The Morgan fingerprint density at radius 1 is 0.744 bits per heavy atom. The topological polar surface area (TPSA) is 105 Å². The number of rotatable bonds is 14. The van der Waals surface area contributed by atoms with Crippen LogP contribution >= 0.6 is 0 Å². The molecule has 0 bridgehead atoms. The fraction of sp³-hybridized carbons (Fsp3) is 0.515. The van der Waals surface area contributed by atoms with Crippen LogP contribution in [-0.2, 0) is 9.59 Å². The molecule has 1 atom stereocenters. The van der Waals surface area contributed by atoms with Gasteiger partial charge in [-0.2, -0.15) is 0 Å². The van der Waals surface area contributed by atoms with E-state index in [-0.39, 0.29) is 50.1 Å². The summed E-state index contributed by atoms with van der Waals surface area (Å²) in [5.74, 6) is -0.547. The molecule has 0 unspecified atom stereocenters. The number of carbonyl (C=O) groups excluding carboxylic acids is 4. The largest absolute Gasteiger partial charge is 0.355 e. The van der Waals surface area contributed by atoms with Gasteiger partial charge in [-0.05, 0) is 37.1 Å². The number of piperazine rings is 1. The quantitative estimate of drug-likeness (QED) is 0.302. The van der Waals surface area contributed by atoms with Crippen molar-refractivity contribution in [1.82, 2.24) is 25.3 Å². The average Bonchev–Trinajstić information content (AvgIpc) is 3.03. The lowest BCUT2D eigenvalue weighted by molar-refractivity contribution is -0.127. The van der Waals surface area contributed by atoms with Crippen molar-refractivity contribution in [2.75, 3.05) is 50.7 Å². The van der Waals surface area contributed by atoms with E-state index in [0.717, 1.165) is 38.5 Å². The maximum absolute atomic E-state index is 14.3. The lowest BCUT2D eigenvalue weighted by Crippen LogP contribution is -2.64. The Hall–Kier alpha value is -4.08. The molecule has 2 aromatic carbocycles. The molecule has 0 spiro atoms. The van der Waals surface area contributed by atoms with Crippen molar-refractivity contribution >= 4 is 35.3 Å². The highest BCUT2D eigenvalue weighted by Gasteiger charge is 2.40. The minimum absolute atomic E-state index is 0.0849. The number of amides is 6. The Bertz CT molecular complexity index is 1110. The molecule has 0 saturated carbocycles. The number of para-hydroxylation sites is 2.